The van der Waals surface area contributed by atoms with Crippen molar-refractivity contribution in [3.8, 4) is 0 Å². The first-order valence-corrected chi connectivity index (χ1v) is 33.7. The minimum absolute atomic E-state index is 0.0627. The van der Waals surface area contributed by atoms with Gasteiger partial charge in [-0.1, -0.05) is 351 Å². The molecule has 0 spiro atoms. The number of esters is 2. The van der Waals surface area contributed by atoms with Crippen molar-refractivity contribution in [2.75, 3.05) is 13.2 Å². The summed E-state index contributed by atoms with van der Waals surface area (Å²) in [6, 6.07) is 0. The number of unbranched alkanes of at least 4 members (excludes halogenated alkanes) is 47. The van der Waals surface area contributed by atoms with Crippen LogP contribution in [0.3, 0.4) is 0 Å². The number of allylic oxidation sites excluding steroid dienone is 8. The topological polar surface area (TPSA) is 72.8 Å². The van der Waals surface area contributed by atoms with Crippen molar-refractivity contribution in [3.63, 3.8) is 0 Å². The molecule has 0 saturated carbocycles. The van der Waals surface area contributed by atoms with Crippen molar-refractivity contribution >= 4 is 11.9 Å². The number of hydrogen-bond acceptors (Lipinski definition) is 5. The van der Waals surface area contributed by atoms with E-state index in [4.69, 9.17) is 9.47 Å². The molecule has 0 bridgehead atoms. The Labute approximate surface area is 469 Å². The molecule has 0 radical (unpaired) electrons. The van der Waals surface area contributed by atoms with Crippen molar-refractivity contribution in [2.24, 2.45) is 0 Å². The van der Waals surface area contributed by atoms with E-state index in [0.29, 0.717) is 12.8 Å². The van der Waals surface area contributed by atoms with Crippen LogP contribution in [0.15, 0.2) is 48.6 Å². The molecule has 0 heterocycles. The molecule has 0 aromatic rings. The Bertz CT molecular complexity index is 1230. The molecule has 1 unspecified atom stereocenters. The lowest BCUT2D eigenvalue weighted by Gasteiger charge is -2.15. The zero-order chi connectivity index (χ0) is 54.1. The number of aliphatic hydroxyl groups is 1. The highest BCUT2D eigenvalue weighted by Crippen LogP contribution is 2.19. The lowest BCUT2D eigenvalue weighted by atomic mass is 10.0. The molecule has 5 nitrogen and oxygen atoms in total. The normalized spacial score (nSPS) is 12.4. The Balaban J connectivity index is 3.38. The van der Waals surface area contributed by atoms with Gasteiger partial charge in [0.25, 0.3) is 0 Å². The third-order valence-corrected chi connectivity index (χ3v) is 15.4. The zero-order valence-corrected chi connectivity index (χ0v) is 50.6. The number of carbonyl (C=O) groups excluding carboxylic acids is 2. The van der Waals surface area contributed by atoms with E-state index in [-0.39, 0.29) is 25.2 Å². The molecule has 0 fully saturated rings. The Morgan fingerprint density at radius 3 is 0.867 bits per heavy atom. The van der Waals surface area contributed by atoms with Crippen LogP contribution in [0.1, 0.15) is 367 Å². The molecule has 5 heteroatoms. The van der Waals surface area contributed by atoms with Crippen molar-refractivity contribution in [2.45, 2.75) is 373 Å². The molecule has 1 atom stereocenters. The molecule has 0 aromatic carbocycles. The number of hydrogen-bond donors (Lipinski definition) is 1. The Kier molecular flexibility index (Phi) is 64.3. The van der Waals surface area contributed by atoms with Gasteiger partial charge in [0.2, 0.25) is 0 Å². The first-order chi connectivity index (χ1) is 37.1. The van der Waals surface area contributed by atoms with Gasteiger partial charge >= 0.3 is 11.9 Å². The third-order valence-electron chi connectivity index (χ3n) is 15.4. The summed E-state index contributed by atoms with van der Waals surface area (Å²) in [4.78, 5) is 24.6. The molecule has 440 valence electrons. The Morgan fingerprint density at radius 2 is 0.573 bits per heavy atom. The SMILES string of the molecule is CC/C=C\C/C=C\C/C=C\C/C=C\CCCCCCCCCCCCCCC(=O)OC(CO)COC(=O)CCCCCCCCCCCCCCCCCCCCCCCCCCCCCCCCCCCCCC. The lowest BCUT2D eigenvalue weighted by Crippen LogP contribution is -2.28. The maximum absolute atomic E-state index is 12.3. The van der Waals surface area contributed by atoms with Crippen LogP contribution in [0.5, 0.6) is 0 Å². The van der Waals surface area contributed by atoms with Crippen LogP contribution in [0, 0.1) is 0 Å². The predicted molar refractivity (Wildman–Crippen MR) is 330 cm³/mol. The van der Waals surface area contributed by atoms with Gasteiger partial charge in [0.05, 0.1) is 6.61 Å². The fourth-order valence-electron chi connectivity index (χ4n) is 10.4. The van der Waals surface area contributed by atoms with E-state index in [1.807, 2.05) is 0 Å². The van der Waals surface area contributed by atoms with Crippen LogP contribution in [-0.2, 0) is 19.1 Å². The van der Waals surface area contributed by atoms with Crippen LogP contribution >= 0.6 is 0 Å². The summed E-state index contributed by atoms with van der Waals surface area (Å²) in [6.07, 6.45) is 88.6. The summed E-state index contributed by atoms with van der Waals surface area (Å²) >= 11 is 0. The quantitative estimate of drug-likeness (QED) is 0.0373. The average Bonchev–Trinajstić information content (AvgIpc) is 3.41. The zero-order valence-electron chi connectivity index (χ0n) is 50.6. The van der Waals surface area contributed by atoms with E-state index < -0.39 is 6.10 Å². The van der Waals surface area contributed by atoms with Gasteiger partial charge in [-0.05, 0) is 51.4 Å². The fraction of sp³-hybridized carbons (Fsp3) is 0.857. The molecule has 0 aliphatic heterocycles. The summed E-state index contributed by atoms with van der Waals surface area (Å²) in [6.45, 7) is 4.08. The second-order valence-electron chi connectivity index (χ2n) is 22.9. The molecule has 0 aliphatic carbocycles. The van der Waals surface area contributed by atoms with E-state index >= 15 is 0 Å². The molecule has 0 amide bonds. The van der Waals surface area contributed by atoms with Crippen molar-refractivity contribution in [1.29, 1.82) is 0 Å². The molecular formula is C70H130O5. The summed E-state index contributed by atoms with van der Waals surface area (Å²) in [5.41, 5.74) is 0. The van der Waals surface area contributed by atoms with E-state index in [1.165, 1.54) is 283 Å². The van der Waals surface area contributed by atoms with Gasteiger partial charge in [-0.3, -0.25) is 9.59 Å². The molecule has 1 N–H and O–H groups in total. The van der Waals surface area contributed by atoms with Crippen LogP contribution in [-0.4, -0.2) is 36.4 Å². The molecule has 0 aliphatic rings. The highest BCUT2D eigenvalue weighted by Gasteiger charge is 2.16. The van der Waals surface area contributed by atoms with Gasteiger partial charge in [0.1, 0.15) is 6.61 Å². The van der Waals surface area contributed by atoms with E-state index in [2.05, 4.69) is 62.5 Å². The van der Waals surface area contributed by atoms with Gasteiger partial charge < -0.3 is 14.6 Å². The maximum atomic E-state index is 12.3. The minimum Gasteiger partial charge on any atom is -0.462 e. The number of ether oxygens (including phenoxy) is 2. The molecule has 75 heavy (non-hydrogen) atoms. The second-order valence-corrected chi connectivity index (χ2v) is 22.9. The van der Waals surface area contributed by atoms with Gasteiger partial charge in [0.15, 0.2) is 6.10 Å². The Morgan fingerprint density at radius 1 is 0.320 bits per heavy atom. The van der Waals surface area contributed by atoms with Crippen molar-refractivity contribution < 1.29 is 24.2 Å². The molecule has 0 saturated heterocycles. The molecule has 0 rings (SSSR count). The van der Waals surface area contributed by atoms with Crippen molar-refractivity contribution in [1.82, 2.24) is 0 Å². The Hall–Kier alpha value is -2.14. The monoisotopic (exact) mass is 1050 g/mol. The second kappa shape index (κ2) is 66.1. The fourth-order valence-corrected chi connectivity index (χ4v) is 10.4. The van der Waals surface area contributed by atoms with E-state index in [9.17, 15) is 14.7 Å². The van der Waals surface area contributed by atoms with E-state index in [0.717, 1.165) is 57.8 Å². The van der Waals surface area contributed by atoms with Gasteiger partial charge in [0, 0.05) is 12.8 Å². The van der Waals surface area contributed by atoms with Gasteiger partial charge in [-0.2, -0.15) is 0 Å². The number of rotatable bonds is 63. The highest BCUT2D eigenvalue weighted by molar-refractivity contribution is 5.70. The van der Waals surface area contributed by atoms with Gasteiger partial charge in [-0.25, -0.2) is 0 Å². The molecule has 0 aromatic heterocycles. The first-order valence-electron chi connectivity index (χ1n) is 33.7. The minimum atomic E-state index is -0.773. The van der Waals surface area contributed by atoms with Crippen LogP contribution < -0.4 is 0 Å². The highest BCUT2D eigenvalue weighted by atomic mass is 16.6. The summed E-state index contributed by atoms with van der Waals surface area (Å²) < 4.78 is 10.7. The van der Waals surface area contributed by atoms with E-state index in [1.54, 1.807) is 0 Å². The lowest BCUT2D eigenvalue weighted by molar-refractivity contribution is -0.161. The maximum Gasteiger partial charge on any atom is 0.306 e. The van der Waals surface area contributed by atoms with Crippen LogP contribution in [0.2, 0.25) is 0 Å². The van der Waals surface area contributed by atoms with Crippen LogP contribution in [0.4, 0.5) is 0 Å². The average molecular weight is 1050 g/mol. The summed E-state index contributed by atoms with van der Waals surface area (Å²) in [5.74, 6) is -0.575. The standard InChI is InChI=1S/C70H130O5/c1-3-5-7-9-11-13-15-17-19-21-23-25-27-29-30-31-32-33-34-35-36-37-38-39-41-42-44-46-48-50-52-54-56-58-60-62-64-69(72)74-67-68(66-71)75-70(73)65-63-61-59-57-55-53-51-49-47-45-43-40-28-26-24-22-20-18-16-14-12-10-8-6-4-2/h6,8,12,14,18,20,24,26,68,71H,3-5,7,9-11,13,15-17,19,21-23,25,27-67H2,1-2H3/b8-6-,14-12-,20-18-,26-24-. The first kappa shape index (κ1) is 72.9. The molecular weight excluding hydrogens is 921 g/mol. The third kappa shape index (κ3) is 64.3. The van der Waals surface area contributed by atoms with Gasteiger partial charge in [-0.15, -0.1) is 0 Å². The van der Waals surface area contributed by atoms with Crippen molar-refractivity contribution in [3.05, 3.63) is 48.6 Å². The number of aliphatic hydroxyl groups excluding tert-OH is 1. The smallest absolute Gasteiger partial charge is 0.306 e. The summed E-state index contributed by atoms with van der Waals surface area (Å²) in [5, 5.41) is 9.69. The number of carbonyl (C=O) groups is 2. The predicted octanol–water partition coefficient (Wildman–Crippen LogP) is 23.2. The van der Waals surface area contributed by atoms with Crippen LogP contribution in [0.25, 0.3) is 0 Å². The largest absolute Gasteiger partial charge is 0.462 e. The summed E-state index contributed by atoms with van der Waals surface area (Å²) in [7, 11) is 0.